The average molecular weight is 378 g/mol. The first-order valence-electron chi connectivity index (χ1n) is 9.30. The standard InChI is InChI=1S/C20H22N6O2/c1-13(23-19(27)18-15-6-2-3-7-16(15)24-25-18)20(28)26-10-9-22-12-17(26)14-5-4-8-21-11-14/h2-8,11,13,17,22H,9-10,12H2,1H3,(H,23,27)(H,24,25). The van der Waals surface area contributed by atoms with Crippen molar-refractivity contribution in [1.82, 2.24) is 30.7 Å². The zero-order valence-electron chi connectivity index (χ0n) is 15.6. The van der Waals surface area contributed by atoms with E-state index in [9.17, 15) is 9.59 Å². The second-order valence-corrected chi connectivity index (χ2v) is 6.85. The van der Waals surface area contributed by atoms with Gasteiger partial charge in [0.05, 0.1) is 11.6 Å². The molecule has 3 aromatic rings. The zero-order valence-corrected chi connectivity index (χ0v) is 15.6. The van der Waals surface area contributed by atoms with Crippen molar-refractivity contribution >= 4 is 22.7 Å². The molecular formula is C20H22N6O2. The van der Waals surface area contributed by atoms with Gasteiger partial charge in [0.2, 0.25) is 5.91 Å². The van der Waals surface area contributed by atoms with Crippen LogP contribution in [0.15, 0.2) is 48.8 Å². The van der Waals surface area contributed by atoms with Gasteiger partial charge in [0.25, 0.3) is 5.91 Å². The zero-order chi connectivity index (χ0) is 19.5. The topological polar surface area (TPSA) is 103 Å². The van der Waals surface area contributed by atoms with Crippen molar-refractivity contribution in [3.05, 3.63) is 60.0 Å². The molecule has 1 aromatic carbocycles. The molecule has 8 nitrogen and oxygen atoms in total. The van der Waals surface area contributed by atoms with Crippen LogP contribution >= 0.6 is 0 Å². The van der Waals surface area contributed by atoms with Crippen LogP contribution in [0.5, 0.6) is 0 Å². The Hall–Kier alpha value is -3.26. The quantitative estimate of drug-likeness (QED) is 0.634. The average Bonchev–Trinajstić information content (AvgIpc) is 3.18. The molecule has 1 saturated heterocycles. The molecule has 0 saturated carbocycles. The van der Waals surface area contributed by atoms with E-state index in [1.165, 1.54) is 0 Å². The Bertz CT molecular complexity index is 987. The summed E-state index contributed by atoms with van der Waals surface area (Å²) in [4.78, 5) is 31.7. The third-order valence-electron chi connectivity index (χ3n) is 5.00. The molecule has 3 heterocycles. The fraction of sp³-hybridized carbons (Fsp3) is 0.300. The van der Waals surface area contributed by atoms with Gasteiger partial charge in [0.1, 0.15) is 6.04 Å². The van der Waals surface area contributed by atoms with E-state index >= 15 is 0 Å². The number of aromatic nitrogens is 3. The van der Waals surface area contributed by atoms with Gasteiger partial charge < -0.3 is 15.5 Å². The highest BCUT2D eigenvalue weighted by Gasteiger charge is 2.31. The van der Waals surface area contributed by atoms with E-state index < -0.39 is 6.04 Å². The molecule has 1 fully saturated rings. The number of piperazine rings is 1. The number of carbonyl (C=O) groups excluding carboxylic acids is 2. The van der Waals surface area contributed by atoms with Gasteiger partial charge in [-0.3, -0.25) is 19.7 Å². The number of H-pyrrole nitrogens is 1. The Morgan fingerprint density at radius 3 is 2.93 bits per heavy atom. The summed E-state index contributed by atoms with van der Waals surface area (Å²) in [7, 11) is 0. The summed E-state index contributed by atoms with van der Waals surface area (Å²) < 4.78 is 0. The number of nitrogens with zero attached hydrogens (tertiary/aromatic N) is 3. The minimum Gasteiger partial charge on any atom is -0.339 e. The number of carbonyl (C=O) groups is 2. The van der Waals surface area contributed by atoms with Crippen LogP contribution in [0.4, 0.5) is 0 Å². The number of para-hydroxylation sites is 1. The lowest BCUT2D eigenvalue weighted by atomic mass is 10.0. The maximum absolute atomic E-state index is 13.1. The number of pyridine rings is 1. The second-order valence-electron chi connectivity index (χ2n) is 6.85. The summed E-state index contributed by atoms with van der Waals surface area (Å²) >= 11 is 0. The van der Waals surface area contributed by atoms with E-state index in [0.29, 0.717) is 25.3 Å². The highest BCUT2D eigenvalue weighted by molar-refractivity contribution is 6.05. The van der Waals surface area contributed by atoms with E-state index in [1.807, 2.05) is 36.4 Å². The predicted octanol–water partition coefficient (Wildman–Crippen LogP) is 1.25. The van der Waals surface area contributed by atoms with Gasteiger partial charge in [0.15, 0.2) is 5.69 Å². The molecule has 0 spiro atoms. The van der Waals surface area contributed by atoms with Crippen LogP contribution in [0.3, 0.4) is 0 Å². The molecule has 4 rings (SSSR count). The third-order valence-corrected chi connectivity index (χ3v) is 5.00. The minimum absolute atomic E-state index is 0.111. The molecule has 1 aliphatic heterocycles. The SMILES string of the molecule is CC(NC(=O)c1n[nH]c2ccccc12)C(=O)N1CCNCC1c1cccnc1. The lowest BCUT2D eigenvalue weighted by molar-refractivity contribution is -0.136. The van der Waals surface area contributed by atoms with E-state index in [2.05, 4.69) is 25.8 Å². The number of rotatable bonds is 4. The molecule has 2 aromatic heterocycles. The maximum atomic E-state index is 13.1. The normalized spacial score (nSPS) is 18.0. The first-order chi connectivity index (χ1) is 13.6. The first kappa shape index (κ1) is 18.1. The highest BCUT2D eigenvalue weighted by Crippen LogP contribution is 2.22. The van der Waals surface area contributed by atoms with Crippen LogP contribution in [0.2, 0.25) is 0 Å². The molecule has 0 bridgehead atoms. The van der Waals surface area contributed by atoms with Crippen molar-refractivity contribution in [2.75, 3.05) is 19.6 Å². The van der Waals surface area contributed by atoms with E-state index in [1.54, 1.807) is 24.2 Å². The number of hydrogen-bond acceptors (Lipinski definition) is 5. The van der Waals surface area contributed by atoms with Crippen LogP contribution < -0.4 is 10.6 Å². The smallest absolute Gasteiger partial charge is 0.273 e. The Labute approximate surface area is 162 Å². The minimum atomic E-state index is -0.666. The van der Waals surface area contributed by atoms with Crippen molar-refractivity contribution in [3.63, 3.8) is 0 Å². The highest BCUT2D eigenvalue weighted by atomic mass is 16.2. The van der Waals surface area contributed by atoms with Gasteiger partial charge in [-0.05, 0) is 24.6 Å². The van der Waals surface area contributed by atoms with Gasteiger partial charge in [-0.15, -0.1) is 0 Å². The van der Waals surface area contributed by atoms with Crippen molar-refractivity contribution < 1.29 is 9.59 Å². The summed E-state index contributed by atoms with van der Waals surface area (Å²) in [6.45, 7) is 3.65. The molecule has 2 amide bonds. The number of amides is 2. The van der Waals surface area contributed by atoms with Crippen molar-refractivity contribution in [1.29, 1.82) is 0 Å². The monoisotopic (exact) mass is 378 g/mol. The van der Waals surface area contributed by atoms with Gasteiger partial charge in [0, 0.05) is 37.4 Å². The summed E-state index contributed by atoms with van der Waals surface area (Å²) in [6.07, 6.45) is 3.49. The number of benzene rings is 1. The van der Waals surface area contributed by atoms with Crippen LogP contribution in [-0.2, 0) is 4.79 Å². The fourth-order valence-electron chi connectivity index (χ4n) is 3.55. The molecule has 144 valence electrons. The molecule has 8 heteroatoms. The lowest BCUT2D eigenvalue weighted by Gasteiger charge is -2.37. The second kappa shape index (κ2) is 7.77. The molecule has 28 heavy (non-hydrogen) atoms. The van der Waals surface area contributed by atoms with Crippen molar-refractivity contribution in [3.8, 4) is 0 Å². The largest absolute Gasteiger partial charge is 0.339 e. The van der Waals surface area contributed by atoms with Crippen LogP contribution in [0.1, 0.15) is 29.0 Å². The van der Waals surface area contributed by atoms with Gasteiger partial charge in [-0.25, -0.2) is 0 Å². The van der Waals surface area contributed by atoms with Gasteiger partial charge >= 0.3 is 0 Å². The number of hydrogen-bond donors (Lipinski definition) is 3. The van der Waals surface area contributed by atoms with E-state index in [-0.39, 0.29) is 17.9 Å². The number of aromatic amines is 1. The molecule has 2 unspecified atom stereocenters. The van der Waals surface area contributed by atoms with Crippen LogP contribution in [-0.4, -0.2) is 57.6 Å². The summed E-state index contributed by atoms with van der Waals surface area (Å²) in [5.74, 6) is -0.491. The Morgan fingerprint density at radius 1 is 1.25 bits per heavy atom. The Morgan fingerprint density at radius 2 is 2.11 bits per heavy atom. The molecule has 3 N–H and O–H groups in total. The summed E-state index contributed by atoms with van der Waals surface area (Å²) in [6, 6.07) is 10.5. The van der Waals surface area contributed by atoms with E-state index in [4.69, 9.17) is 0 Å². The maximum Gasteiger partial charge on any atom is 0.273 e. The Kier molecular flexibility index (Phi) is 5.03. The molecule has 2 atom stereocenters. The van der Waals surface area contributed by atoms with Gasteiger partial charge in [-0.1, -0.05) is 24.3 Å². The first-order valence-corrected chi connectivity index (χ1v) is 9.30. The lowest BCUT2D eigenvalue weighted by Crippen LogP contribution is -2.54. The van der Waals surface area contributed by atoms with Crippen molar-refractivity contribution in [2.24, 2.45) is 0 Å². The number of nitrogens with one attached hydrogen (secondary N) is 3. The van der Waals surface area contributed by atoms with Gasteiger partial charge in [-0.2, -0.15) is 5.10 Å². The third kappa shape index (κ3) is 3.46. The molecule has 0 radical (unpaired) electrons. The van der Waals surface area contributed by atoms with Crippen LogP contribution in [0, 0.1) is 0 Å². The molecule has 1 aliphatic rings. The molecule has 0 aliphatic carbocycles. The van der Waals surface area contributed by atoms with Crippen LogP contribution in [0.25, 0.3) is 10.9 Å². The summed E-state index contributed by atoms with van der Waals surface area (Å²) in [5, 5.41) is 13.8. The van der Waals surface area contributed by atoms with E-state index in [0.717, 1.165) is 16.5 Å². The van der Waals surface area contributed by atoms with Crippen molar-refractivity contribution in [2.45, 2.75) is 19.0 Å². The fourth-order valence-corrected chi connectivity index (χ4v) is 3.55. The predicted molar refractivity (Wildman–Crippen MR) is 105 cm³/mol. The number of fused-ring (bicyclic) bond motifs is 1. The molecular weight excluding hydrogens is 356 g/mol. The summed E-state index contributed by atoms with van der Waals surface area (Å²) in [5.41, 5.74) is 2.05. The Balaban J connectivity index is 1.49.